The number of anilines is 1. The molecule has 5 heteroatoms. The van der Waals surface area contributed by atoms with E-state index in [4.69, 9.17) is 15.6 Å². The van der Waals surface area contributed by atoms with E-state index in [1.54, 1.807) is 0 Å². The SMILES string of the molecule is COc1cc(N)c(S)cc1C(=O)O. The smallest absolute Gasteiger partial charge is 0.339 e. The van der Waals surface area contributed by atoms with Crippen LogP contribution >= 0.6 is 12.6 Å². The molecular formula is C8H9NO3S. The molecule has 0 heterocycles. The standard InChI is InChI=1S/C8H9NO3S/c1-12-6-3-5(9)7(13)2-4(6)8(10)11/h2-3,13H,9H2,1H3,(H,10,11). The summed E-state index contributed by atoms with van der Waals surface area (Å²) in [6.07, 6.45) is 0. The Labute approximate surface area is 80.7 Å². The van der Waals surface area contributed by atoms with Gasteiger partial charge in [0, 0.05) is 16.6 Å². The molecule has 3 N–H and O–H groups in total. The van der Waals surface area contributed by atoms with Gasteiger partial charge in [0.15, 0.2) is 0 Å². The van der Waals surface area contributed by atoms with Crippen LogP contribution in [-0.2, 0) is 0 Å². The quantitative estimate of drug-likeness (QED) is 0.495. The first kappa shape index (κ1) is 9.73. The zero-order valence-electron chi connectivity index (χ0n) is 6.94. The third-order valence-corrected chi connectivity index (χ3v) is 1.97. The maximum absolute atomic E-state index is 10.7. The van der Waals surface area contributed by atoms with Crippen molar-refractivity contribution >= 4 is 24.3 Å². The highest BCUT2D eigenvalue weighted by atomic mass is 32.1. The Morgan fingerprint density at radius 3 is 2.69 bits per heavy atom. The number of aromatic carboxylic acids is 1. The lowest BCUT2D eigenvalue weighted by atomic mass is 10.2. The minimum atomic E-state index is -1.06. The van der Waals surface area contributed by atoms with Crippen LogP contribution in [-0.4, -0.2) is 18.2 Å². The van der Waals surface area contributed by atoms with E-state index in [2.05, 4.69) is 12.6 Å². The molecule has 1 rings (SSSR count). The molecule has 70 valence electrons. The second-order valence-corrected chi connectivity index (χ2v) is 2.90. The van der Waals surface area contributed by atoms with Gasteiger partial charge in [0.25, 0.3) is 0 Å². The summed E-state index contributed by atoms with van der Waals surface area (Å²) in [6, 6.07) is 2.80. The average molecular weight is 199 g/mol. The highest BCUT2D eigenvalue weighted by Gasteiger charge is 2.12. The fourth-order valence-electron chi connectivity index (χ4n) is 0.920. The summed E-state index contributed by atoms with van der Waals surface area (Å²) in [5.74, 6) is -0.824. The number of thiol groups is 1. The summed E-state index contributed by atoms with van der Waals surface area (Å²) >= 11 is 4.00. The van der Waals surface area contributed by atoms with E-state index in [-0.39, 0.29) is 11.3 Å². The van der Waals surface area contributed by atoms with Crippen molar-refractivity contribution in [2.24, 2.45) is 0 Å². The van der Waals surface area contributed by atoms with E-state index >= 15 is 0 Å². The molecule has 13 heavy (non-hydrogen) atoms. The van der Waals surface area contributed by atoms with Gasteiger partial charge in [-0.05, 0) is 6.07 Å². The molecule has 0 radical (unpaired) electrons. The summed E-state index contributed by atoms with van der Waals surface area (Å²) in [5.41, 5.74) is 5.97. The predicted octanol–water partition coefficient (Wildman–Crippen LogP) is 1.26. The molecule has 0 aliphatic carbocycles. The number of ether oxygens (including phenoxy) is 1. The van der Waals surface area contributed by atoms with Crippen molar-refractivity contribution in [3.63, 3.8) is 0 Å². The second kappa shape index (κ2) is 3.57. The summed E-state index contributed by atoms with van der Waals surface area (Å²) in [6.45, 7) is 0. The van der Waals surface area contributed by atoms with E-state index in [9.17, 15) is 4.79 Å². The maximum atomic E-state index is 10.7. The van der Waals surface area contributed by atoms with Gasteiger partial charge in [-0.3, -0.25) is 0 Å². The number of nitrogens with two attached hydrogens (primary N) is 1. The van der Waals surface area contributed by atoms with Crippen LogP contribution < -0.4 is 10.5 Å². The van der Waals surface area contributed by atoms with Crippen molar-refractivity contribution < 1.29 is 14.6 Å². The highest BCUT2D eigenvalue weighted by molar-refractivity contribution is 7.80. The minimum Gasteiger partial charge on any atom is -0.496 e. The lowest BCUT2D eigenvalue weighted by Gasteiger charge is -2.07. The van der Waals surface area contributed by atoms with Crippen molar-refractivity contribution in [1.29, 1.82) is 0 Å². The number of hydrogen-bond acceptors (Lipinski definition) is 4. The van der Waals surface area contributed by atoms with Crippen molar-refractivity contribution in [1.82, 2.24) is 0 Å². The zero-order chi connectivity index (χ0) is 10.0. The van der Waals surface area contributed by atoms with Crippen LogP contribution in [0.1, 0.15) is 10.4 Å². The molecule has 0 spiro atoms. The van der Waals surface area contributed by atoms with Gasteiger partial charge >= 0.3 is 5.97 Å². The third kappa shape index (κ3) is 1.86. The van der Waals surface area contributed by atoms with Crippen LogP contribution in [0.4, 0.5) is 5.69 Å². The van der Waals surface area contributed by atoms with Crippen molar-refractivity contribution in [3.8, 4) is 5.75 Å². The van der Waals surface area contributed by atoms with Gasteiger partial charge in [-0.25, -0.2) is 4.79 Å². The summed E-state index contributed by atoms with van der Waals surface area (Å²) in [4.78, 5) is 11.1. The molecule has 1 aromatic carbocycles. The normalized spacial score (nSPS) is 9.69. The van der Waals surface area contributed by atoms with E-state index in [0.29, 0.717) is 10.6 Å². The summed E-state index contributed by atoms with van der Waals surface area (Å²) in [5, 5.41) is 8.76. The molecule has 0 unspecified atom stereocenters. The van der Waals surface area contributed by atoms with Crippen LogP contribution in [0.3, 0.4) is 0 Å². The number of hydrogen-bond donors (Lipinski definition) is 3. The largest absolute Gasteiger partial charge is 0.496 e. The lowest BCUT2D eigenvalue weighted by Crippen LogP contribution is -2.02. The molecule has 0 bridgehead atoms. The third-order valence-electron chi connectivity index (χ3n) is 1.58. The van der Waals surface area contributed by atoms with Crippen LogP contribution in [0.5, 0.6) is 5.75 Å². The van der Waals surface area contributed by atoms with Crippen molar-refractivity contribution in [2.45, 2.75) is 4.90 Å². The topological polar surface area (TPSA) is 72.5 Å². The number of rotatable bonds is 2. The monoisotopic (exact) mass is 199 g/mol. The van der Waals surface area contributed by atoms with E-state index in [1.165, 1.54) is 19.2 Å². The van der Waals surface area contributed by atoms with Gasteiger partial charge in [-0.15, -0.1) is 12.6 Å². The number of benzene rings is 1. The number of carboxylic acids is 1. The Bertz CT molecular complexity index is 351. The van der Waals surface area contributed by atoms with Gasteiger partial charge in [-0.1, -0.05) is 0 Å². The Morgan fingerprint density at radius 1 is 1.62 bits per heavy atom. The van der Waals surface area contributed by atoms with Gasteiger partial charge in [0.1, 0.15) is 11.3 Å². The minimum absolute atomic E-state index is 0.0571. The molecule has 0 saturated carbocycles. The first-order chi connectivity index (χ1) is 6.06. The molecule has 4 nitrogen and oxygen atoms in total. The molecule has 0 aromatic heterocycles. The van der Waals surface area contributed by atoms with Gasteiger partial charge < -0.3 is 15.6 Å². The molecular weight excluding hydrogens is 190 g/mol. The molecule has 0 amide bonds. The van der Waals surface area contributed by atoms with E-state index in [1.807, 2.05) is 0 Å². The van der Waals surface area contributed by atoms with E-state index in [0.717, 1.165) is 0 Å². The Hall–Kier alpha value is -1.36. The Kier molecular flexibility index (Phi) is 2.67. The summed E-state index contributed by atoms with van der Waals surface area (Å²) < 4.78 is 4.85. The van der Waals surface area contributed by atoms with Gasteiger partial charge in [0.05, 0.1) is 7.11 Å². The molecule has 0 atom stereocenters. The van der Waals surface area contributed by atoms with Crippen LogP contribution in [0.25, 0.3) is 0 Å². The van der Waals surface area contributed by atoms with E-state index < -0.39 is 5.97 Å². The first-order valence-corrected chi connectivity index (χ1v) is 3.90. The maximum Gasteiger partial charge on any atom is 0.339 e. The lowest BCUT2D eigenvalue weighted by molar-refractivity contribution is 0.0693. The fraction of sp³-hybridized carbons (Fsp3) is 0.125. The summed E-state index contributed by atoms with van der Waals surface area (Å²) in [7, 11) is 1.39. The molecule has 0 saturated heterocycles. The van der Waals surface area contributed by atoms with Crippen molar-refractivity contribution in [2.75, 3.05) is 12.8 Å². The fourth-order valence-corrected chi connectivity index (χ4v) is 1.11. The molecule has 0 aliphatic rings. The molecule has 0 fully saturated rings. The predicted molar refractivity (Wildman–Crippen MR) is 51.6 cm³/mol. The highest BCUT2D eigenvalue weighted by Crippen LogP contribution is 2.27. The number of carboxylic acid groups (broad SMARTS) is 1. The van der Waals surface area contributed by atoms with Gasteiger partial charge in [0.2, 0.25) is 0 Å². The second-order valence-electron chi connectivity index (χ2n) is 2.42. The average Bonchev–Trinajstić information content (AvgIpc) is 2.08. The van der Waals surface area contributed by atoms with Crippen molar-refractivity contribution in [3.05, 3.63) is 17.7 Å². The zero-order valence-corrected chi connectivity index (χ0v) is 7.84. The molecule has 0 aliphatic heterocycles. The number of nitrogen functional groups attached to an aromatic ring is 1. The molecule has 1 aromatic rings. The first-order valence-electron chi connectivity index (χ1n) is 3.46. The Morgan fingerprint density at radius 2 is 2.23 bits per heavy atom. The Balaban J connectivity index is 3.33. The van der Waals surface area contributed by atoms with Gasteiger partial charge in [-0.2, -0.15) is 0 Å². The number of methoxy groups -OCH3 is 1. The van der Waals surface area contributed by atoms with Crippen LogP contribution in [0.2, 0.25) is 0 Å². The van der Waals surface area contributed by atoms with Crippen LogP contribution in [0.15, 0.2) is 17.0 Å². The number of carbonyl (C=O) groups is 1. The van der Waals surface area contributed by atoms with Crippen LogP contribution in [0, 0.1) is 0 Å².